The van der Waals surface area contributed by atoms with Crippen molar-refractivity contribution in [3.8, 4) is 5.75 Å². The minimum Gasteiger partial charge on any atom is -0.486 e. The van der Waals surface area contributed by atoms with Crippen molar-refractivity contribution in [3.63, 3.8) is 0 Å². The molecule has 0 bridgehead atoms. The molecule has 1 amide bonds. The van der Waals surface area contributed by atoms with Crippen molar-refractivity contribution in [2.45, 2.75) is 6.61 Å². The van der Waals surface area contributed by atoms with Gasteiger partial charge in [0.25, 0.3) is 11.5 Å². The number of hydrogen-bond acceptors (Lipinski definition) is 5. The maximum absolute atomic E-state index is 12.4. The molecule has 0 atom stereocenters. The third-order valence-corrected chi connectivity index (χ3v) is 3.77. The second-order valence-corrected chi connectivity index (χ2v) is 5.70. The van der Waals surface area contributed by atoms with Crippen LogP contribution in [0, 0.1) is 0 Å². The van der Waals surface area contributed by atoms with Gasteiger partial charge >= 0.3 is 0 Å². The van der Waals surface area contributed by atoms with Crippen LogP contribution in [-0.4, -0.2) is 25.5 Å². The fourth-order valence-electron chi connectivity index (χ4n) is 2.53. The minimum absolute atomic E-state index is 0.125. The highest BCUT2D eigenvalue weighted by molar-refractivity contribution is 6.03. The smallest absolute Gasteiger partial charge is 0.256 e. The summed E-state index contributed by atoms with van der Waals surface area (Å²) in [5.41, 5.74) is 0.0764. The lowest BCUT2D eigenvalue weighted by Gasteiger charge is -2.06. The molecule has 0 unspecified atom stereocenters. The molecule has 4 rings (SSSR count). The average Bonchev–Trinajstić information content (AvgIpc) is 3.11. The van der Waals surface area contributed by atoms with Crippen LogP contribution in [0.4, 0.5) is 5.82 Å². The highest BCUT2D eigenvalue weighted by Crippen LogP contribution is 2.12. The van der Waals surface area contributed by atoms with Crippen LogP contribution in [0.15, 0.2) is 71.5 Å². The summed E-state index contributed by atoms with van der Waals surface area (Å²) in [6.07, 6.45) is 0. The van der Waals surface area contributed by atoms with Gasteiger partial charge in [0.15, 0.2) is 5.82 Å². The normalized spacial score (nSPS) is 10.7. The van der Waals surface area contributed by atoms with Crippen molar-refractivity contribution in [1.82, 2.24) is 19.6 Å². The number of nitrogens with zero attached hydrogens (tertiary/aromatic N) is 3. The molecule has 0 saturated heterocycles. The van der Waals surface area contributed by atoms with Crippen LogP contribution in [0.5, 0.6) is 5.75 Å². The highest BCUT2D eigenvalue weighted by atomic mass is 16.5. The van der Waals surface area contributed by atoms with Gasteiger partial charge in [-0.05, 0) is 24.3 Å². The topological polar surface area (TPSA) is 101 Å². The number of anilines is 1. The average molecular weight is 361 g/mol. The van der Waals surface area contributed by atoms with Gasteiger partial charge < -0.3 is 10.1 Å². The predicted octanol–water partition coefficient (Wildman–Crippen LogP) is 2.25. The molecule has 0 radical (unpaired) electrons. The van der Waals surface area contributed by atoms with E-state index in [1.54, 1.807) is 24.3 Å². The zero-order valence-electron chi connectivity index (χ0n) is 14.1. The molecular formula is C19H15N5O3. The Morgan fingerprint density at radius 3 is 2.52 bits per heavy atom. The quantitative estimate of drug-likeness (QED) is 0.568. The Bertz CT molecular complexity index is 1140. The Labute approximate surface area is 153 Å². The van der Waals surface area contributed by atoms with Crippen LogP contribution >= 0.6 is 0 Å². The number of carbonyl (C=O) groups excluding carboxylic acids is 1. The number of amides is 1. The van der Waals surface area contributed by atoms with E-state index in [-0.39, 0.29) is 24.1 Å². The number of nitrogens with one attached hydrogen (secondary N) is 2. The van der Waals surface area contributed by atoms with Crippen LogP contribution in [0.3, 0.4) is 0 Å². The molecule has 8 nitrogen and oxygen atoms in total. The minimum atomic E-state index is -0.395. The number of benzene rings is 2. The molecule has 4 aromatic rings. The summed E-state index contributed by atoms with van der Waals surface area (Å²) in [5, 5.41) is 7.00. The highest BCUT2D eigenvalue weighted by Gasteiger charge is 2.13. The maximum atomic E-state index is 12.4. The number of ether oxygens (including phenoxy) is 1. The van der Waals surface area contributed by atoms with Gasteiger partial charge in [-0.2, -0.15) is 9.50 Å². The van der Waals surface area contributed by atoms with Gasteiger partial charge in [-0.3, -0.25) is 14.6 Å². The lowest BCUT2D eigenvalue weighted by Crippen LogP contribution is -2.18. The first-order valence-corrected chi connectivity index (χ1v) is 8.22. The molecule has 134 valence electrons. The Hall–Kier alpha value is -3.94. The zero-order chi connectivity index (χ0) is 18.6. The maximum Gasteiger partial charge on any atom is 0.256 e. The number of para-hydroxylation sites is 1. The summed E-state index contributed by atoms with van der Waals surface area (Å²) in [5.74, 6) is 1.15. The molecule has 0 fully saturated rings. The molecule has 0 spiro atoms. The molecule has 2 aromatic heterocycles. The zero-order valence-corrected chi connectivity index (χ0v) is 14.1. The largest absolute Gasteiger partial charge is 0.486 e. The van der Waals surface area contributed by atoms with E-state index in [4.69, 9.17) is 4.74 Å². The van der Waals surface area contributed by atoms with E-state index in [1.165, 1.54) is 10.6 Å². The molecule has 2 N–H and O–H groups in total. The standard InChI is InChI=1S/C19H15N5O3/c25-17-11-16(21-18(26)13-7-3-1-4-8-13)24-19(22-17)20-15(23-24)12-27-14-9-5-2-6-10-14/h1-11H,12H2,(H,21,26)(H,20,22,23,25). The predicted molar refractivity (Wildman–Crippen MR) is 98.8 cm³/mol. The Morgan fingerprint density at radius 1 is 1.07 bits per heavy atom. The van der Waals surface area contributed by atoms with Crippen LogP contribution in [0.2, 0.25) is 0 Å². The Balaban J connectivity index is 1.60. The lowest BCUT2D eigenvalue weighted by molar-refractivity contribution is 0.102. The van der Waals surface area contributed by atoms with Crippen LogP contribution in [-0.2, 0) is 6.61 Å². The summed E-state index contributed by atoms with van der Waals surface area (Å²) in [7, 11) is 0. The summed E-state index contributed by atoms with van der Waals surface area (Å²) >= 11 is 0. The number of hydrogen-bond donors (Lipinski definition) is 2. The van der Waals surface area contributed by atoms with Gasteiger partial charge in [0.1, 0.15) is 18.2 Å². The summed E-state index contributed by atoms with van der Waals surface area (Å²) in [6.45, 7) is 0.125. The first-order chi connectivity index (χ1) is 13.2. The number of carbonyl (C=O) groups is 1. The first-order valence-electron chi connectivity index (χ1n) is 8.22. The van der Waals surface area contributed by atoms with E-state index in [0.29, 0.717) is 17.1 Å². The molecule has 8 heteroatoms. The van der Waals surface area contributed by atoms with E-state index in [0.717, 1.165) is 0 Å². The molecule has 27 heavy (non-hydrogen) atoms. The number of fused-ring (bicyclic) bond motifs is 1. The molecule has 0 saturated carbocycles. The number of rotatable bonds is 5. The number of H-pyrrole nitrogens is 1. The van der Waals surface area contributed by atoms with Gasteiger partial charge in [-0.15, -0.1) is 5.10 Å². The lowest BCUT2D eigenvalue weighted by atomic mass is 10.2. The van der Waals surface area contributed by atoms with Crippen molar-refractivity contribution in [1.29, 1.82) is 0 Å². The van der Waals surface area contributed by atoms with Gasteiger partial charge in [-0.25, -0.2) is 0 Å². The van der Waals surface area contributed by atoms with Crippen molar-refractivity contribution in [2.75, 3.05) is 5.32 Å². The summed E-state index contributed by atoms with van der Waals surface area (Å²) in [4.78, 5) is 31.1. The molecule has 2 heterocycles. The number of aromatic amines is 1. The van der Waals surface area contributed by atoms with Crippen molar-refractivity contribution in [3.05, 3.63) is 88.5 Å². The fraction of sp³-hybridized carbons (Fsp3) is 0.0526. The second kappa shape index (κ2) is 7.12. The second-order valence-electron chi connectivity index (χ2n) is 5.70. The van der Waals surface area contributed by atoms with E-state index < -0.39 is 5.56 Å². The molecular weight excluding hydrogens is 346 g/mol. The molecule has 0 aliphatic rings. The monoisotopic (exact) mass is 361 g/mol. The third-order valence-electron chi connectivity index (χ3n) is 3.77. The van der Waals surface area contributed by atoms with E-state index in [2.05, 4.69) is 20.4 Å². The van der Waals surface area contributed by atoms with Crippen LogP contribution < -0.4 is 15.6 Å². The number of aromatic nitrogens is 4. The SMILES string of the molecule is O=C(Nc1cc(=O)[nH]c2nc(COc3ccccc3)nn12)c1ccccc1. The molecule has 2 aromatic carbocycles. The first kappa shape index (κ1) is 16.5. The van der Waals surface area contributed by atoms with Crippen LogP contribution in [0.25, 0.3) is 5.78 Å². The van der Waals surface area contributed by atoms with Crippen LogP contribution in [0.1, 0.15) is 16.2 Å². The van der Waals surface area contributed by atoms with Gasteiger partial charge in [-0.1, -0.05) is 36.4 Å². The van der Waals surface area contributed by atoms with E-state index >= 15 is 0 Å². The van der Waals surface area contributed by atoms with Gasteiger partial charge in [0.2, 0.25) is 5.78 Å². The summed E-state index contributed by atoms with van der Waals surface area (Å²) < 4.78 is 6.99. The van der Waals surface area contributed by atoms with Gasteiger partial charge in [0.05, 0.1) is 0 Å². The van der Waals surface area contributed by atoms with Crippen molar-refractivity contribution in [2.24, 2.45) is 0 Å². The third kappa shape index (κ3) is 3.69. The van der Waals surface area contributed by atoms with Crippen molar-refractivity contribution >= 4 is 17.5 Å². The fourth-order valence-corrected chi connectivity index (χ4v) is 2.53. The van der Waals surface area contributed by atoms with E-state index in [9.17, 15) is 9.59 Å². The molecule has 0 aliphatic heterocycles. The Morgan fingerprint density at radius 2 is 1.78 bits per heavy atom. The summed E-state index contributed by atoms with van der Waals surface area (Å²) in [6, 6.07) is 19.2. The molecule has 0 aliphatic carbocycles. The van der Waals surface area contributed by atoms with E-state index in [1.807, 2.05) is 36.4 Å². The van der Waals surface area contributed by atoms with Crippen molar-refractivity contribution < 1.29 is 9.53 Å². The van der Waals surface area contributed by atoms with Gasteiger partial charge in [0, 0.05) is 11.6 Å². The Kier molecular flexibility index (Phi) is 4.36.